The summed E-state index contributed by atoms with van der Waals surface area (Å²) >= 11 is 0. The smallest absolute Gasteiger partial charge is 0.237 e. The van der Waals surface area contributed by atoms with E-state index in [4.69, 9.17) is 0 Å². The van der Waals surface area contributed by atoms with E-state index in [1.165, 1.54) is 0 Å². The molecule has 24 heavy (non-hydrogen) atoms. The molecule has 0 spiro atoms. The van der Waals surface area contributed by atoms with E-state index in [2.05, 4.69) is 21.7 Å². The fourth-order valence-corrected chi connectivity index (χ4v) is 2.78. The monoisotopic (exact) mass is 329 g/mol. The summed E-state index contributed by atoms with van der Waals surface area (Å²) in [5, 5.41) is 7.35. The Kier molecular flexibility index (Phi) is 6.55. The summed E-state index contributed by atoms with van der Waals surface area (Å²) < 4.78 is 0. The van der Waals surface area contributed by atoms with E-state index in [1.807, 2.05) is 45.2 Å². The fourth-order valence-electron chi connectivity index (χ4n) is 2.78. The van der Waals surface area contributed by atoms with Crippen molar-refractivity contribution < 1.29 is 9.59 Å². The number of benzene rings is 1. The lowest BCUT2D eigenvalue weighted by molar-refractivity contribution is -0.123. The van der Waals surface area contributed by atoms with Crippen LogP contribution in [0.15, 0.2) is 30.5 Å². The lowest BCUT2D eigenvalue weighted by Gasteiger charge is -2.20. The summed E-state index contributed by atoms with van der Waals surface area (Å²) in [6.45, 7) is 6.28. The quantitative estimate of drug-likeness (QED) is 0.662. The number of nitrogens with one attached hydrogen (secondary N) is 3. The minimum absolute atomic E-state index is 0.0575. The molecule has 0 saturated carbocycles. The van der Waals surface area contributed by atoms with Gasteiger partial charge in [0.2, 0.25) is 5.91 Å². The number of fused-ring (bicyclic) bond motifs is 1. The van der Waals surface area contributed by atoms with Gasteiger partial charge in [-0.2, -0.15) is 0 Å². The number of Topliss-reactive ketones (excluding diaryl/α,β-unsaturated/α-hetero) is 1. The van der Waals surface area contributed by atoms with Gasteiger partial charge in [-0.05, 0) is 18.1 Å². The second-order valence-electron chi connectivity index (χ2n) is 6.37. The van der Waals surface area contributed by atoms with Crippen molar-refractivity contribution in [3.05, 3.63) is 36.0 Å². The topological polar surface area (TPSA) is 74.0 Å². The van der Waals surface area contributed by atoms with Gasteiger partial charge in [-0.1, -0.05) is 39.0 Å². The lowest BCUT2D eigenvalue weighted by Crippen LogP contribution is -2.48. The van der Waals surface area contributed by atoms with Gasteiger partial charge in [0.25, 0.3) is 0 Å². The van der Waals surface area contributed by atoms with Crippen LogP contribution in [0, 0.1) is 0 Å². The van der Waals surface area contributed by atoms with E-state index < -0.39 is 0 Å². The van der Waals surface area contributed by atoms with Crippen LogP contribution in [0.25, 0.3) is 10.9 Å². The fraction of sp³-hybridized carbons (Fsp3) is 0.474. The summed E-state index contributed by atoms with van der Waals surface area (Å²) in [5.74, 6) is 0.109. The second kappa shape index (κ2) is 8.64. The second-order valence-corrected chi connectivity index (χ2v) is 6.37. The Balaban J connectivity index is 2.04. The number of aromatic amines is 1. The molecule has 0 aliphatic carbocycles. The van der Waals surface area contributed by atoms with E-state index in [1.54, 1.807) is 0 Å². The van der Waals surface area contributed by atoms with Gasteiger partial charge in [0.05, 0.1) is 6.04 Å². The molecule has 3 N–H and O–H groups in total. The zero-order valence-electron chi connectivity index (χ0n) is 14.7. The first-order valence-electron chi connectivity index (χ1n) is 8.61. The average molecular weight is 329 g/mol. The normalized spacial score (nSPS) is 12.5. The summed E-state index contributed by atoms with van der Waals surface area (Å²) in [6.07, 6.45) is 3.48. The molecule has 1 heterocycles. The molecular weight excluding hydrogens is 302 g/mol. The number of aromatic nitrogens is 1. The first-order chi connectivity index (χ1) is 11.5. The van der Waals surface area contributed by atoms with Crippen molar-refractivity contribution in [1.29, 1.82) is 0 Å². The maximum Gasteiger partial charge on any atom is 0.237 e. The van der Waals surface area contributed by atoms with Crippen molar-refractivity contribution in [2.24, 2.45) is 0 Å². The number of ketones is 1. The van der Waals surface area contributed by atoms with Crippen LogP contribution in [-0.2, 0) is 16.0 Å². The van der Waals surface area contributed by atoms with Gasteiger partial charge in [0.15, 0.2) is 0 Å². The number of hydrogen-bond donors (Lipinski definition) is 3. The zero-order chi connectivity index (χ0) is 17.5. The van der Waals surface area contributed by atoms with E-state index in [-0.39, 0.29) is 23.8 Å². The molecule has 130 valence electrons. The van der Waals surface area contributed by atoms with Crippen LogP contribution < -0.4 is 10.6 Å². The Hall–Kier alpha value is -2.14. The molecule has 5 nitrogen and oxygen atoms in total. The van der Waals surface area contributed by atoms with Crippen LogP contribution in [0.2, 0.25) is 0 Å². The van der Waals surface area contributed by atoms with Crippen molar-refractivity contribution in [2.75, 3.05) is 6.54 Å². The number of carbonyl (C=O) groups excluding carboxylic acids is 2. The Morgan fingerprint density at radius 3 is 2.67 bits per heavy atom. The van der Waals surface area contributed by atoms with Crippen LogP contribution in [0.4, 0.5) is 0 Å². The van der Waals surface area contributed by atoms with Gasteiger partial charge in [-0.25, -0.2) is 0 Å². The number of amides is 1. The minimum atomic E-state index is -0.319. The molecule has 1 aromatic heterocycles. The minimum Gasteiger partial charge on any atom is -0.361 e. The Morgan fingerprint density at radius 1 is 1.21 bits per heavy atom. The van der Waals surface area contributed by atoms with Crippen LogP contribution in [0.5, 0.6) is 0 Å². The van der Waals surface area contributed by atoms with Crippen LogP contribution in [0.3, 0.4) is 0 Å². The first-order valence-corrected chi connectivity index (χ1v) is 8.61. The van der Waals surface area contributed by atoms with Crippen LogP contribution in [0.1, 0.15) is 39.2 Å². The van der Waals surface area contributed by atoms with Crippen molar-refractivity contribution in [3.8, 4) is 0 Å². The molecule has 2 rings (SSSR count). The maximum atomic E-state index is 12.5. The van der Waals surface area contributed by atoms with E-state index in [0.29, 0.717) is 25.8 Å². The highest BCUT2D eigenvalue weighted by atomic mass is 16.2. The van der Waals surface area contributed by atoms with Crippen molar-refractivity contribution in [2.45, 2.75) is 52.1 Å². The molecule has 0 radical (unpaired) electrons. The van der Waals surface area contributed by atoms with E-state index >= 15 is 0 Å². The van der Waals surface area contributed by atoms with Crippen molar-refractivity contribution in [1.82, 2.24) is 15.6 Å². The van der Waals surface area contributed by atoms with Crippen molar-refractivity contribution >= 4 is 22.6 Å². The number of carbonyl (C=O) groups is 2. The van der Waals surface area contributed by atoms with E-state index in [9.17, 15) is 9.59 Å². The summed E-state index contributed by atoms with van der Waals surface area (Å²) in [7, 11) is 0. The van der Waals surface area contributed by atoms with Crippen molar-refractivity contribution in [3.63, 3.8) is 0 Å². The van der Waals surface area contributed by atoms with Gasteiger partial charge in [0, 0.05) is 42.5 Å². The molecule has 1 unspecified atom stereocenters. The number of rotatable bonds is 9. The van der Waals surface area contributed by atoms with Gasteiger partial charge in [0.1, 0.15) is 5.78 Å². The molecule has 0 aliphatic rings. The number of H-pyrrole nitrogens is 1. The molecule has 1 atom stereocenters. The van der Waals surface area contributed by atoms with Gasteiger partial charge in [-0.15, -0.1) is 0 Å². The van der Waals surface area contributed by atoms with E-state index in [0.717, 1.165) is 16.5 Å². The highest BCUT2D eigenvalue weighted by Gasteiger charge is 2.21. The average Bonchev–Trinajstić information content (AvgIpc) is 2.96. The highest BCUT2D eigenvalue weighted by Crippen LogP contribution is 2.19. The molecule has 5 heteroatoms. The first kappa shape index (κ1) is 18.2. The molecule has 1 amide bonds. The molecule has 0 bridgehead atoms. The number of para-hydroxylation sites is 1. The maximum absolute atomic E-state index is 12.5. The predicted molar refractivity (Wildman–Crippen MR) is 97.0 cm³/mol. The summed E-state index contributed by atoms with van der Waals surface area (Å²) in [4.78, 5) is 27.1. The summed E-state index contributed by atoms with van der Waals surface area (Å²) in [6, 6.07) is 7.96. The molecule has 0 fully saturated rings. The molecule has 2 aromatic rings. The van der Waals surface area contributed by atoms with Crippen LogP contribution >= 0.6 is 0 Å². The summed E-state index contributed by atoms with van der Waals surface area (Å²) in [5.41, 5.74) is 2.19. The largest absolute Gasteiger partial charge is 0.361 e. The SMILES string of the molecule is CCC(=O)CCNC(=O)C(Cc1c[nH]c2ccccc12)NC(C)C. The van der Waals surface area contributed by atoms with Gasteiger partial charge in [-0.3, -0.25) is 9.59 Å². The van der Waals surface area contributed by atoms with Gasteiger partial charge < -0.3 is 15.6 Å². The molecule has 0 aliphatic heterocycles. The predicted octanol–water partition coefficient (Wildman–Crippen LogP) is 2.56. The molecule has 0 saturated heterocycles. The highest BCUT2D eigenvalue weighted by molar-refractivity contribution is 5.86. The zero-order valence-corrected chi connectivity index (χ0v) is 14.7. The lowest BCUT2D eigenvalue weighted by atomic mass is 10.0. The number of hydrogen-bond acceptors (Lipinski definition) is 3. The molecular formula is C19H27N3O2. The van der Waals surface area contributed by atoms with Crippen LogP contribution in [-0.4, -0.2) is 35.3 Å². The Morgan fingerprint density at radius 2 is 1.96 bits per heavy atom. The Labute approximate surface area is 143 Å². The third kappa shape index (κ3) is 4.93. The third-order valence-electron chi connectivity index (χ3n) is 4.05. The third-order valence-corrected chi connectivity index (χ3v) is 4.05. The van der Waals surface area contributed by atoms with Gasteiger partial charge >= 0.3 is 0 Å². The Bertz CT molecular complexity index is 691. The standard InChI is InChI=1S/C19H27N3O2/c1-4-15(23)9-10-20-19(24)18(22-13(2)3)11-14-12-21-17-8-6-5-7-16(14)17/h5-8,12-13,18,21-22H,4,9-11H2,1-3H3,(H,20,24). The molecule has 1 aromatic carbocycles.